The van der Waals surface area contributed by atoms with Crippen molar-refractivity contribution in [2.45, 2.75) is 32.6 Å². The molecule has 0 bridgehead atoms. The maximum atomic E-state index is 11.4. The molecular formula is C10H21N2O2+. The number of rotatable bonds is 5. The highest BCUT2D eigenvalue weighted by Crippen LogP contribution is 1.97. The molecule has 0 aromatic carbocycles. The van der Waals surface area contributed by atoms with Crippen LogP contribution in [0.2, 0.25) is 0 Å². The van der Waals surface area contributed by atoms with Gasteiger partial charge in [-0.05, 0) is 6.42 Å². The fourth-order valence-electron chi connectivity index (χ4n) is 1.54. The Morgan fingerprint density at radius 2 is 2.07 bits per heavy atom. The molecule has 4 nitrogen and oxygen atoms in total. The molecule has 1 rings (SSSR count). The lowest BCUT2D eigenvalue weighted by Gasteiger charge is -2.23. The fraction of sp³-hybridized carbons (Fsp3) is 0.900. The Morgan fingerprint density at radius 1 is 1.36 bits per heavy atom. The summed E-state index contributed by atoms with van der Waals surface area (Å²) < 4.78 is 5.21. The van der Waals surface area contributed by atoms with E-state index in [1.54, 1.807) is 0 Å². The first-order valence-corrected chi connectivity index (χ1v) is 5.55. The lowest BCUT2D eigenvalue weighted by Crippen LogP contribution is -3.20. The van der Waals surface area contributed by atoms with Crippen LogP contribution in [-0.2, 0) is 9.53 Å². The highest BCUT2D eigenvalue weighted by molar-refractivity contribution is 5.74. The Balaban J connectivity index is 2.06. The predicted molar refractivity (Wildman–Crippen MR) is 53.8 cm³/mol. The van der Waals surface area contributed by atoms with Crippen LogP contribution >= 0.6 is 0 Å². The molecule has 1 aliphatic heterocycles. The van der Waals surface area contributed by atoms with Gasteiger partial charge in [-0.3, -0.25) is 4.79 Å². The van der Waals surface area contributed by atoms with Crippen molar-refractivity contribution in [1.82, 2.24) is 5.43 Å². The van der Waals surface area contributed by atoms with Crippen molar-refractivity contribution < 1.29 is 14.5 Å². The Kier molecular flexibility index (Phi) is 5.56. The van der Waals surface area contributed by atoms with Gasteiger partial charge in [0.2, 0.25) is 0 Å². The van der Waals surface area contributed by atoms with Gasteiger partial charge >= 0.3 is 0 Å². The van der Waals surface area contributed by atoms with Gasteiger partial charge in [-0.15, -0.1) is 0 Å². The average molecular weight is 201 g/mol. The molecule has 0 unspecified atom stereocenters. The number of hydrogen-bond acceptors (Lipinski definition) is 2. The van der Waals surface area contributed by atoms with E-state index in [1.807, 2.05) is 0 Å². The van der Waals surface area contributed by atoms with E-state index in [1.165, 1.54) is 0 Å². The number of hydrogen-bond donors (Lipinski definition) is 2. The van der Waals surface area contributed by atoms with Crippen LogP contribution in [0.1, 0.15) is 32.6 Å². The minimum Gasteiger partial charge on any atom is -0.370 e. The van der Waals surface area contributed by atoms with Gasteiger partial charge in [-0.1, -0.05) is 19.8 Å². The average Bonchev–Trinajstić information content (AvgIpc) is 2.20. The quantitative estimate of drug-likeness (QED) is 0.590. The second-order valence-electron chi connectivity index (χ2n) is 3.72. The van der Waals surface area contributed by atoms with Gasteiger partial charge in [0.15, 0.2) is 0 Å². The molecule has 1 saturated heterocycles. The number of unbranched alkanes of at least 4 members (excludes halogenated alkanes) is 2. The molecule has 4 heteroatoms. The molecule has 1 aliphatic rings. The lowest BCUT2D eigenvalue weighted by atomic mass is 10.2. The third-order valence-electron chi connectivity index (χ3n) is 2.42. The van der Waals surface area contributed by atoms with Crippen molar-refractivity contribution in [3.63, 3.8) is 0 Å². The molecule has 1 fully saturated rings. The van der Waals surface area contributed by atoms with E-state index < -0.39 is 0 Å². The number of nitrogens with one attached hydrogen (secondary N) is 2. The van der Waals surface area contributed by atoms with Crippen molar-refractivity contribution in [3.05, 3.63) is 0 Å². The second kappa shape index (κ2) is 6.79. The molecule has 0 spiro atoms. The topological polar surface area (TPSA) is 42.8 Å². The van der Waals surface area contributed by atoms with Gasteiger partial charge in [0.25, 0.3) is 5.91 Å². The molecule has 0 aromatic heterocycles. The standard InChI is InChI=1S/C10H20N2O2/c1-2-3-4-5-10(13)11-12-6-8-14-9-7-12/h2-9H2,1H3,(H,11,13)/p+1. The van der Waals surface area contributed by atoms with Crippen LogP contribution in [0, 0.1) is 0 Å². The first-order valence-electron chi connectivity index (χ1n) is 5.55. The summed E-state index contributed by atoms with van der Waals surface area (Å²) in [5.41, 5.74) is 2.98. The summed E-state index contributed by atoms with van der Waals surface area (Å²) in [4.78, 5) is 11.4. The smallest absolute Gasteiger partial charge is 0.264 e. The molecule has 0 radical (unpaired) electrons. The van der Waals surface area contributed by atoms with Crippen molar-refractivity contribution in [2.75, 3.05) is 26.3 Å². The van der Waals surface area contributed by atoms with Crippen LogP contribution in [0.4, 0.5) is 0 Å². The molecule has 1 amide bonds. The summed E-state index contributed by atoms with van der Waals surface area (Å²) in [6, 6.07) is 0. The normalized spacial score (nSPS) is 18.1. The van der Waals surface area contributed by atoms with Crippen LogP contribution in [0.25, 0.3) is 0 Å². The number of amides is 1. The van der Waals surface area contributed by atoms with Crippen molar-refractivity contribution in [2.24, 2.45) is 0 Å². The number of ether oxygens (including phenoxy) is 1. The Labute approximate surface area is 85.6 Å². The molecule has 0 atom stereocenters. The molecular weight excluding hydrogens is 180 g/mol. The largest absolute Gasteiger partial charge is 0.370 e. The first-order chi connectivity index (χ1) is 6.83. The number of carbonyl (C=O) groups excluding carboxylic acids is 1. The first kappa shape index (κ1) is 11.5. The third-order valence-corrected chi connectivity index (χ3v) is 2.42. The van der Waals surface area contributed by atoms with Gasteiger partial charge in [-0.2, -0.15) is 0 Å². The highest BCUT2D eigenvalue weighted by Gasteiger charge is 2.15. The van der Waals surface area contributed by atoms with Crippen molar-refractivity contribution in [1.29, 1.82) is 0 Å². The summed E-state index contributed by atoms with van der Waals surface area (Å²) >= 11 is 0. The molecule has 82 valence electrons. The number of carbonyl (C=O) groups is 1. The van der Waals surface area contributed by atoms with Crippen molar-refractivity contribution >= 4 is 5.91 Å². The van der Waals surface area contributed by atoms with E-state index in [4.69, 9.17) is 4.74 Å². The summed E-state index contributed by atoms with van der Waals surface area (Å²) in [5.74, 6) is 0.176. The highest BCUT2D eigenvalue weighted by atomic mass is 16.5. The van der Waals surface area contributed by atoms with Crippen LogP contribution < -0.4 is 10.4 Å². The van der Waals surface area contributed by atoms with Gasteiger partial charge in [-0.25, -0.2) is 10.4 Å². The maximum absolute atomic E-state index is 11.4. The number of quaternary nitrogens is 1. The SMILES string of the molecule is CCCCCC(=O)N[NH+]1CCOCC1. The third kappa shape index (κ3) is 4.58. The molecule has 2 N–H and O–H groups in total. The second-order valence-corrected chi connectivity index (χ2v) is 3.72. The summed E-state index contributed by atoms with van der Waals surface area (Å²) in [6.45, 7) is 5.43. The van der Waals surface area contributed by atoms with Gasteiger partial charge < -0.3 is 4.74 Å². The zero-order chi connectivity index (χ0) is 10.2. The Hall–Kier alpha value is -0.610. The van der Waals surface area contributed by atoms with E-state index in [2.05, 4.69) is 12.3 Å². The monoisotopic (exact) mass is 201 g/mol. The summed E-state index contributed by atoms with van der Waals surface area (Å²) in [6.07, 6.45) is 3.98. The van der Waals surface area contributed by atoms with E-state index in [0.717, 1.165) is 50.6 Å². The lowest BCUT2D eigenvalue weighted by molar-refractivity contribution is -0.943. The zero-order valence-electron chi connectivity index (χ0n) is 8.97. The van der Waals surface area contributed by atoms with E-state index >= 15 is 0 Å². The molecule has 0 saturated carbocycles. The predicted octanol–water partition coefficient (Wildman–Crippen LogP) is -0.487. The van der Waals surface area contributed by atoms with Crippen LogP contribution in [0.3, 0.4) is 0 Å². The minimum atomic E-state index is 0.176. The minimum absolute atomic E-state index is 0.176. The van der Waals surface area contributed by atoms with Crippen LogP contribution in [-0.4, -0.2) is 32.2 Å². The Morgan fingerprint density at radius 3 is 2.71 bits per heavy atom. The van der Waals surface area contributed by atoms with Gasteiger partial charge in [0.05, 0.1) is 13.2 Å². The van der Waals surface area contributed by atoms with Gasteiger partial charge in [0, 0.05) is 6.42 Å². The molecule has 0 aliphatic carbocycles. The van der Waals surface area contributed by atoms with Crippen molar-refractivity contribution in [3.8, 4) is 0 Å². The molecule has 14 heavy (non-hydrogen) atoms. The van der Waals surface area contributed by atoms with Gasteiger partial charge in [0.1, 0.15) is 13.1 Å². The van der Waals surface area contributed by atoms with E-state index in [-0.39, 0.29) is 5.91 Å². The summed E-state index contributed by atoms with van der Waals surface area (Å²) in [7, 11) is 0. The number of morpholine rings is 1. The maximum Gasteiger partial charge on any atom is 0.264 e. The summed E-state index contributed by atoms with van der Waals surface area (Å²) in [5, 5.41) is 1.15. The van der Waals surface area contributed by atoms with E-state index in [0.29, 0.717) is 6.42 Å². The van der Waals surface area contributed by atoms with E-state index in [9.17, 15) is 4.79 Å². The zero-order valence-corrected chi connectivity index (χ0v) is 8.97. The molecule has 0 aromatic rings. The molecule has 1 heterocycles. The Bertz CT molecular complexity index is 168. The van der Waals surface area contributed by atoms with Crippen LogP contribution in [0.5, 0.6) is 0 Å². The van der Waals surface area contributed by atoms with Crippen LogP contribution in [0.15, 0.2) is 0 Å². The fourth-order valence-corrected chi connectivity index (χ4v) is 1.54.